The molecule has 0 radical (unpaired) electrons. The number of nitrogens with zero attached hydrogens (tertiary/aromatic N) is 3. The van der Waals surface area contributed by atoms with Crippen LogP contribution in [-0.4, -0.2) is 15.7 Å². The van der Waals surface area contributed by atoms with Gasteiger partial charge in [0.1, 0.15) is 0 Å². The molecule has 1 amide bonds. The molecule has 0 aliphatic heterocycles. The third kappa shape index (κ3) is 2.73. The third-order valence-corrected chi connectivity index (χ3v) is 3.00. The summed E-state index contributed by atoms with van der Waals surface area (Å²) in [5, 5.41) is 15.9. The fourth-order valence-corrected chi connectivity index (χ4v) is 1.81. The SMILES string of the molecule is CCn1cc(N)c(C(=O)Nc2cc(C#N)ccc2Cl)n1. The van der Waals surface area contributed by atoms with Crippen LogP contribution in [0, 0.1) is 11.3 Å². The highest BCUT2D eigenvalue weighted by Gasteiger charge is 2.16. The van der Waals surface area contributed by atoms with Crippen LogP contribution in [0.25, 0.3) is 0 Å². The number of carbonyl (C=O) groups excluding carboxylic acids is 1. The van der Waals surface area contributed by atoms with Crippen molar-refractivity contribution in [1.82, 2.24) is 9.78 Å². The van der Waals surface area contributed by atoms with Crippen LogP contribution in [0.3, 0.4) is 0 Å². The monoisotopic (exact) mass is 289 g/mol. The Labute approximate surface area is 120 Å². The lowest BCUT2D eigenvalue weighted by Gasteiger charge is -2.06. The van der Waals surface area contributed by atoms with E-state index in [0.717, 1.165) is 0 Å². The summed E-state index contributed by atoms with van der Waals surface area (Å²) in [5.41, 5.74) is 6.90. The van der Waals surface area contributed by atoms with Crippen LogP contribution >= 0.6 is 11.6 Å². The van der Waals surface area contributed by atoms with Gasteiger partial charge in [0.25, 0.3) is 5.91 Å². The Morgan fingerprint density at radius 3 is 2.95 bits per heavy atom. The average Bonchev–Trinajstić information content (AvgIpc) is 2.82. The van der Waals surface area contributed by atoms with E-state index in [-0.39, 0.29) is 11.4 Å². The Bertz CT molecular complexity index is 701. The first kappa shape index (κ1) is 13.9. The number of hydrogen-bond donors (Lipinski definition) is 2. The number of amides is 1. The van der Waals surface area contributed by atoms with Gasteiger partial charge in [-0.15, -0.1) is 0 Å². The van der Waals surface area contributed by atoms with E-state index in [2.05, 4.69) is 10.4 Å². The Balaban J connectivity index is 2.27. The topological polar surface area (TPSA) is 96.7 Å². The molecule has 3 N–H and O–H groups in total. The van der Waals surface area contributed by atoms with Gasteiger partial charge in [0.05, 0.1) is 28.0 Å². The fraction of sp³-hybridized carbons (Fsp3) is 0.154. The third-order valence-electron chi connectivity index (χ3n) is 2.67. The van der Waals surface area contributed by atoms with Gasteiger partial charge in [-0.05, 0) is 25.1 Å². The van der Waals surface area contributed by atoms with Crippen molar-refractivity contribution >= 4 is 28.9 Å². The molecule has 0 bridgehead atoms. The largest absolute Gasteiger partial charge is 0.396 e. The molecule has 0 aliphatic rings. The number of aryl methyl sites for hydroxylation is 1. The van der Waals surface area contributed by atoms with Gasteiger partial charge >= 0.3 is 0 Å². The number of benzene rings is 1. The average molecular weight is 290 g/mol. The van der Waals surface area contributed by atoms with Gasteiger partial charge in [-0.3, -0.25) is 9.48 Å². The molecular weight excluding hydrogens is 278 g/mol. The summed E-state index contributed by atoms with van der Waals surface area (Å²) in [4.78, 5) is 12.1. The second-order valence-corrected chi connectivity index (χ2v) is 4.46. The number of nitriles is 1. The Hall–Kier alpha value is -2.52. The van der Waals surface area contributed by atoms with E-state index in [0.29, 0.717) is 22.8 Å². The van der Waals surface area contributed by atoms with Crippen LogP contribution < -0.4 is 11.1 Å². The summed E-state index contributed by atoms with van der Waals surface area (Å²) < 4.78 is 1.57. The van der Waals surface area contributed by atoms with E-state index < -0.39 is 5.91 Å². The highest BCUT2D eigenvalue weighted by atomic mass is 35.5. The highest BCUT2D eigenvalue weighted by Crippen LogP contribution is 2.24. The maximum atomic E-state index is 12.1. The summed E-state index contributed by atoms with van der Waals surface area (Å²) in [6.07, 6.45) is 1.59. The summed E-state index contributed by atoms with van der Waals surface area (Å²) in [6, 6.07) is 6.58. The number of nitrogens with one attached hydrogen (secondary N) is 1. The Kier molecular flexibility index (Phi) is 3.91. The first-order chi connectivity index (χ1) is 9.55. The molecule has 0 saturated heterocycles. The zero-order valence-corrected chi connectivity index (χ0v) is 11.5. The zero-order valence-electron chi connectivity index (χ0n) is 10.7. The maximum Gasteiger partial charge on any atom is 0.278 e. The van der Waals surface area contributed by atoms with E-state index in [1.807, 2.05) is 13.0 Å². The second kappa shape index (κ2) is 5.63. The molecule has 0 spiro atoms. The van der Waals surface area contributed by atoms with Gasteiger partial charge in [-0.1, -0.05) is 11.6 Å². The molecule has 7 heteroatoms. The zero-order chi connectivity index (χ0) is 14.7. The molecule has 2 rings (SSSR count). The van der Waals surface area contributed by atoms with Crippen molar-refractivity contribution in [3.63, 3.8) is 0 Å². The van der Waals surface area contributed by atoms with Crippen molar-refractivity contribution in [1.29, 1.82) is 5.26 Å². The maximum absolute atomic E-state index is 12.1. The van der Waals surface area contributed by atoms with Gasteiger partial charge < -0.3 is 11.1 Å². The van der Waals surface area contributed by atoms with Gasteiger partial charge in [-0.2, -0.15) is 10.4 Å². The van der Waals surface area contributed by atoms with Crippen molar-refractivity contribution in [2.75, 3.05) is 11.1 Å². The summed E-state index contributed by atoms with van der Waals surface area (Å²) >= 11 is 5.98. The Morgan fingerprint density at radius 1 is 1.60 bits per heavy atom. The van der Waals surface area contributed by atoms with Crippen molar-refractivity contribution in [3.05, 3.63) is 40.7 Å². The van der Waals surface area contributed by atoms with Crippen LogP contribution in [0.4, 0.5) is 11.4 Å². The van der Waals surface area contributed by atoms with E-state index in [4.69, 9.17) is 22.6 Å². The molecule has 1 heterocycles. The van der Waals surface area contributed by atoms with Gasteiger partial charge in [-0.25, -0.2) is 0 Å². The van der Waals surface area contributed by atoms with Crippen LogP contribution in [0.15, 0.2) is 24.4 Å². The standard InChI is InChI=1S/C13H12ClN5O/c1-2-19-7-10(16)12(18-19)13(20)17-11-5-8(6-15)3-4-9(11)14/h3-5,7H,2,16H2,1H3,(H,17,20). The van der Waals surface area contributed by atoms with Crippen molar-refractivity contribution < 1.29 is 4.79 Å². The highest BCUT2D eigenvalue weighted by molar-refractivity contribution is 6.34. The number of hydrogen-bond acceptors (Lipinski definition) is 4. The first-order valence-corrected chi connectivity index (χ1v) is 6.27. The quantitative estimate of drug-likeness (QED) is 0.905. The number of anilines is 2. The molecular formula is C13H12ClN5O. The Morgan fingerprint density at radius 2 is 2.35 bits per heavy atom. The molecule has 102 valence electrons. The van der Waals surface area contributed by atoms with Crippen LogP contribution in [0.2, 0.25) is 5.02 Å². The van der Waals surface area contributed by atoms with E-state index in [1.54, 1.807) is 23.0 Å². The van der Waals surface area contributed by atoms with Gasteiger partial charge in [0, 0.05) is 12.7 Å². The lowest BCUT2D eigenvalue weighted by atomic mass is 10.2. The minimum Gasteiger partial charge on any atom is -0.396 e. The lowest BCUT2D eigenvalue weighted by Crippen LogP contribution is -2.15. The van der Waals surface area contributed by atoms with Gasteiger partial charge in [0.2, 0.25) is 0 Å². The first-order valence-electron chi connectivity index (χ1n) is 5.89. The van der Waals surface area contributed by atoms with Crippen molar-refractivity contribution in [3.8, 4) is 6.07 Å². The van der Waals surface area contributed by atoms with E-state index >= 15 is 0 Å². The summed E-state index contributed by atoms with van der Waals surface area (Å²) in [6.45, 7) is 2.50. The predicted molar refractivity (Wildman–Crippen MR) is 76.4 cm³/mol. The molecule has 1 aromatic heterocycles. The molecule has 0 fully saturated rings. The second-order valence-electron chi connectivity index (χ2n) is 4.05. The summed E-state index contributed by atoms with van der Waals surface area (Å²) in [7, 11) is 0. The lowest BCUT2D eigenvalue weighted by molar-refractivity contribution is 0.102. The number of aromatic nitrogens is 2. The summed E-state index contributed by atoms with van der Waals surface area (Å²) in [5.74, 6) is -0.466. The molecule has 1 aromatic carbocycles. The molecule has 0 aliphatic carbocycles. The van der Waals surface area contributed by atoms with E-state index in [9.17, 15) is 4.79 Å². The number of halogens is 1. The molecule has 6 nitrogen and oxygen atoms in total. The number of carbonyl (C=O) groups is 1. The smallest absolute Gasteiger partial charge is 0.278 e. The molecule has 20 heavy (non-hydrogen) atoms. The number of nitrogens with two attached hydrogens (primary N) is 1. The van der Waals surface area contributed by atoms with Crippen molar-refractivity contribution in [2.24, 2.45) is 0 Å². The molecule has 2 aromatic rings. The normalized spacial score (nSPS) is 10.1. The van der Waals surface area contributed by atoms with Crippen LogP contribution in [0.5, 0.6) is 0 Å². The number of rotatable bonds is 3. The van der Waals surface area contributed by atoms with Crippen LogP contribution in [0.1, 0.15) is 23.0 Å². The predicted octanol–water partition coefficient (Wildman–Crippen LogP) is 2.26. The number of nitrogen functional groups attached to an aromatic ring is 1. The molecule has 0 unspecified atom stereocenters. The molecule has 0 atom stereocenters. The van der Waals surface area contributed by atoms with E-state index in [1.165, 1.54) is 6.07 Å². The molecule has 0 saturated carbocycles. The van der Waals surface area contributed by atoms with Gasteiger partial charge in [0.15, 0.2) is 5.69 Å². The van der Waals surface area contributed by atoms with Crippen molar-refractivity contribution in [2.45, 2.75) is 13.5 Å². The minimum atomic E-state index is -0.466. The van der Waals surface area contributed by atoms with Crippen LogP contribution in [-0.2, 0) is 6.54 Å². The minimum absolute atomic E-state index is 0.130. The fourth-order valence-electron chi connectivity index (χ4n) is 1.65.